The Morgan fingerprint density at radius 3 is 2.89 bits per heavy atom. The molecule has 0 saturated carbocycles. The fourth-order valence-electron chi connectivity index (χ4n) is 2.00. The molecule has 1 atom stereocenters. The molecule has 1 heterocycles. The number of pyridine rings is 1. The smallest absolute Gasteiger partial charge is 0.146 e. The van der Waals surface area contributed by atoms with Gasteiger partial charge >= 0.3 is 0 Å². The molecule has 2 aromatic rings. The largest absolute Gasteiger partial charge is 0.306 e. The van der Waals surface area contributed by atoms with Crippen LogP contribution < -0.4 is 5.32 Å². The third kappa shape index (κ3) is 3.52. The Morgan fingerprint density at radius 1 is 1.37 bits per heavy atom. The van der Waals surface area contributed by atoms with Gasteiger partial charge in [-0.05, 0) is 36.7 Å². The summed E-state index contributed by atoms with van der Waals surface area (Å²) in [5.74, 6) is -0.309. The van der Waals surface area contributed by atoms with Crippen LogP contribution in [0, 0.1) is 5.82 Å². The first kappa shape index (κ1) is 14.0. The van der Waals surface area contributed by atoms with Crippen LogP contribution in [0.5, 0.6) is 0 Å². The van der Waals surface area contributed by atoms with E-state index in [2.05, 4.69) is 17.2 Å². The fourth-order valence-corrected chi connectivity index (χ4v) is 2.20. The van der Waals surface area contributed by atoms with E-state index in [9.17, 15) is 4.39 Å². The Morgan fingerprint density at radius 2 is 2.21 bits per heavy atom. The summed E-state index contributed by atoms with van der Waals surface area (Å²) in [6, 6.07) is 8.97. The molecule has 1 N–H and O–H groups in total. The van der Waals surface area contributed by atoms with Gasteiger partial charge in [-0.1, -0.05) is 30.7 Å². The number of rotatable bonds is 5. The fraction of sp³-hybridized carbons (Fsp3) is 0.267. The van der Waals surface area contributed by atoms with Gasteiger partial charge in [0, 0.05) is 16.8 Å². The van der Waals surface area contributed by atoms with Crippen LogP contribution in [0.25, 0.3) is 0 Å². The summed E-state index contributed by atoms with van der Waals surface area (Å²) < 4.78 is 13.9. The van der Waals surface area contributed by atoms with Crippen LogP contribution in [0.1, 0.15) is 30.5 Å². The van der Waals surface area contributed by atoms with Crippen molar-refractivity contribution in [2.24, 2.45) is 0 Å². The van der Waals surface area contributed by atoms with E-state index in [1.807, 2.05) is 24.3 Å². The van der Waals surface area contributed by atoms with Crippen molar-refractivity contribution in [3.05, 3.63) is 64.7 Å². The molecule has 1 aromatic carbocycles. The van der Waals surface area contributed by atoms with Gasteiger partial charge in [-0.25, -0.2) is 4.39 Å². The van der Waals surface area contributed by atoms with Gasteiger partial charge in [0.2, 0.25) is 0 Å². The number of nitrogens with zero attached hydrogens (tertiary/aromatic N) is 1. The summed E-state index contributed by atoms with van der Waals surface area (Å²) in [4.78, 5) is 3.79. The van der Waals surface area contributed by atoms with Crippen LogP contribution in [0.15, 0.2) is 42.7 Å². The summed E-state index contributed by atoms with van der Waals surface area (Å²) in [6.07, 6.45) is 3.81. The Kier molecular flexibility index (Phi) is 4.88. The highest BCUT2D eigenvalue weighted by Crippen LogP contribution is 2.25. The normalized spacial score (nSPS) is 12.4. The summed E-state index contributed by atoms with van der Waals surface area (Å²) in [6.45, 7) is 2.88. The topological polar surface area (TPSA) is 24.9 Å². The maximum Gasteiger partial charge on any atom is 0.146 e. The number of halogens is 2. The van der Waals surface area contributed by atoms with Gasteiger partial charge in [-0.2, -0.15) is 0 Å². The number of aromatic nitrogens is 1. The molecular weight excluding hydrogens is 263 g/mol. The highest BCUT2D eigenvalue weighted by molar-refractivity contribution is 6.30. The Balaban J connectivity index is 2.38. The molecule has 0 amide bonds. The first-order valence-corrected chi connectivity index (χ1v) is 6.68. The molecule has 0 bridgehead atoms. The summed E-state index contributed by atoms with van der Waals surface area (Å²) in [5, 5.41) is 3.99. The van der Waals surface area contributed by atoms with Crippen LogP contribution in [0.2, 0.25) is 5.02 Å². The zero-order chi connectivity index (χ0) is 13.7. The van der Waals surface area contributed by atoms with E-state index in [-0.39, 0.29) is 11.9 Å². The number of hydrogen-bond donors (Lipinski definition) is 1. The minimum absolute atomic E-state index is 0.207. The van der Waals surface area contributed by atoms with E-state index in [1.54, 1.807) is 12.3 Å². The molecule has 100 valence electrons. The van der Waals surface area contributed by atoms with Gasteiger partial charge in [-0.3, -0.25) is 4.98 Å². The third-order valence-electron chi connectivity index (χ3n) is 2.90. The molecule has 0 aliphatic heterocycles. The van der Waals surface area contributed by atoms with E-state index < -0.39 is 0 Å². The van der Waals surface area contributed by atoms with Crippen LogP contribution in [-0.2, 0) is 0 Å². The molecule has 2 rings (SSSR count). The van der Waals surface area contributed by atoms with Gasteiger partial charge in [-0.15, -0.1) is 0 Å². The molecule has 1 unspecified atom stereocenters. The van der Waals surface area contributed by atoms with Crippen LogP contribution >= 0.6 is 11.6 Å². The lowest BCUT2D eigenvalue weighted by molar-refractivity contribution is 0.543. The van der Waals surface area contributed by atoms with Crippen molar-refractivity contribution in [1.29, 1.82) is 0 Å². The SMILES string of the molecule is CCCNC(c1cccc(Cl)c1)c1ccncc1F. The maximum atomic E-state index is 13.9. The molecule has 0 saturated heterocycles. The summed E-state index contributed by atoms with van der Waals surface area (Å²) >= 11 is 6.02. The number of hydrogen-bond acceptors (Lipinski definition) is 2. The van der Waals surface area contributed by atoms with Gasteiger partial charge in [0.05, 0.1) is 12.2 Å². The molecule has 1 aromatic heterocycles. The van der Waals surface area contributed by atoms with Crippen LogP contribution in [-0.4, -0.2) is 11.5 Å². The lowest BCUT2D eigenvalue weighted by Gasteiger charge is -2.20. The standard InChI is InChI=1S/C15H16ClFN2/c1-2-7-19-15(11-4-3-5-12(16)9-11)13-6-8-18-10-14(13)17/h3-6,8-10,15,19H,2,7H2,1H3. The van der Waals surface area contributed by atoms with Crippen molar-refractivity contribution in [1.82, 2.24) is 10.3 Å². The quantitative estimate of drug-likeness (QED) is 0.895. The molecule has 0 radical (unpaired) electrons. The van der Waals surface area contributed by atoms with Crippen LogP contribution in [0.4, 0.5) is 4.39 Å². The van der Waals surface area contributed by atoms with Crippen molar-refractivity contribution in [2.45, 2.75) is 19.4 Å². The van der Waals surface area contributed by atoms with Gasteiger partial charge in [0.15, 0.2) is 0 Å². The molecule has 0 fully saturated rings. The van der Waals surface area contributed by atoms with E-state index in [4.69, 9.17) is 11.6 Å². The van der Waals surface area contributed by atoms with Crippen molar-refractivity contribution in [3.63, 3.8) is 0 Å². The van der Waals surface area contributed by atoms with Gasteiger partial charge in [0.25, 0.3) is 0 Å². The highest BCUT2D eigenvalue weighted by atomic mass is 35.5. The first-order chi connectivity index (χ1) is 9.22. The van der Waals surface area contributed by atoms with E-state index in [0.29, 0.717) is 10.6 Å². The summed E-state index contributed by atoms with van der Waals surface area (Å²) in [7, 11) is 0. The minimum Gasteiger partial charge on any atom is -0.306 e. The molecule has 0 aliphatic rings. The maximum absolute atomic E-state index is 13.9. The second-order valence-corrected chi connectivity index (χ2v) is 4.78. The van der Waals surface area contributed by atoms with Crippen molar-refractivity contribution in [2.75, 3.05) is 6.54 Å². The Labute approximate surface area is 117 Å². The molecule has 19 heavy (non-hydrogen) atoms. The Bertz CT molecular complexity index is 545. The predicted octanol–water partition coefficient (Wildman–Crippen LogP) is 3.96. The molecule has 4 heteroatoms. The van der Waals surface area contributed by atoms with E-state index in [1.165, 1.54) is 6.20 Å². The monoisotopic (exact) mass is 278 g/mol. The van der Waals surface area contributed by atoms with Crippen LogP contribution in [0.3, 0.4) is 0 Å². The lowest BCUT2D eigenvalue weighted by atomic mass is 9.99. The highest BCUT2D eigenvalue weighted by Gasteiger charge is 2.17. The number of nitrogens with one attached hydrogen (secondary N) is 1. The molecular formula is C15H16ClFN2. The molecule has 0 spiro atoms. The Hall–Kier alpha value is -1.45. The zero-order valence-electron chi connectivity index (χ0n) is 10.7. The molecule has 2 nitrogen and oxygen atoms in total. The summed E-state index contributed by atoms with van der Waals surface area (Å²) in [5.41, 5.74) is 1.54. The minimum atomic E-state index is -0.309. The lowest BCUT2D eigenvalue weighted by Crippen LogP contribution is -2.24. The van der Waals surface area contributed by atoms with Gasteiger partial charge < -0.3 is 5.32 Å². The van der Waals surface area contributed by atoms with E-state index in [0.717, 1.165) is 18.5 Å². The third-order valence-corrected chi connectivity index (χ3v) is 3.13. The number of benzene rings is 1. The van der Waals surface area contributed by atoms with E-state index >= 15 is 0 Å². The predicted molar refractivity (Wildman–Crippen MR) is 75.8 cm³/mol. The average molecular weight is 279 g/mol. The second kappa shape index (κ2) is 6.64. The van der Waals surface area contributed by atoms with Crippen molar-refractivity contribution >= 4 is 11.6 Å². The average Bonchev–Trinajstić information content (AvgIpc) is 2.41. The second-order valence-electron chi connectivity index (χ2n) is 4.34. The molecule has 0 aliphatic carbocycles. The van der Waals surface area contributed by atoms with Crippen molar-refractivity contribution < 1.29 is 4.39 Å². The van der Waals surface area contributed by atoms with Crippen molar-refractivity contribution in [3.8, 4) is 0 Å². The van der Waals surface area contributed by atoms with Gasteiger partial charge in [0.1, 0.15) is 5.82 Å². The zero-order valence-corrected chi connectivity index (χ0v) is 11.5. The first-order valence-electron chi connectivity index (χ1n) is 6.30.